The standard InChI is InChI=1S/C29H27N3O4/c1-19(13-18-27(34)31-26-11-5-4-10-24(26)30)28(21-14-16-22(33)17-15-21)36-29(35)32-25-12-6-8-20-7-2-3-9-23(20)25/h2-19,28,33H,30H2,1H3,(H,31,34)(H,32,35)/b18-13+/t19-,28-/m1/s1. The molecule has 4 aromatic carbocycles. The number of benzene rings is 4. The first kappa shape index (κ1) is 24.3. The van der Waals surface area contributed by atoms with Crippen LogP contribution in [0.3, 0.4) is 0 Å². The molecular formula is C29H27N3O4. The molecule has 0 saturated carbocycles. The van der Waals surface area contributed by atoms with Crippen molar-refractivity contribution in [1.82, 2.24) is 0 Å². The highest BCUT2D eigenvalue weighted by atomic mass is 16.6. The number of hydrogen-bond acceptors (Lipinski definition) is 5. The average molecular weight is 482 g/mol. The van der Waals surface area contributed by atoms with E-state index in [1.165, 1.54) is 18.2 Å². The molecule has 36 heavy (non-hydrogen) atoms. The number of ether oxygens (including phenoxy) is 1. The lowest BCUT2D eigenvalue weighted by Gasteiger charge is -2.23. The molecule has 4 aromatic rings. The van der Waals surface area contributed by atoms with Gasteiger partial charge in [-0.3, -0.25) is 10.1 Å². The fraction of sp³-hybridized carbons (Fsp3) is 0.103. The van der Waals surface area contributed by atoms with Crippen LogP contribution in [0.5, 0.6) is 5.75 Å². The number of nitrogen functional groups attached to an aromatic ring is 1. The molecular weight excluding hydrogens is 454 g/mol. The summed E-state index contributed by atoms with van der Waals surface area (Å²) in [4.78, 5) is 25.4. The molecule has 7 heteroatoms. The molecule has 7 nitrogen and oxygen atoms in total. The van der Waals surface area contributed by atoms with Crippen molar-refractivity contribution in [2.24, 2.45) is 5.92 Å². The van der Waals surface area contributed by atoms with Crippen LogP contribution >= 0.6 is 0 Å². The third-order valence-corrected chi connectivity index (χ3v) is 5.73. The summed E-state index contributed by atoms with van der Waals surface area (Å²) >= 11 is 0. The van der Waals surface area contributed by atoms with Crippen LogP contribution in [0.15, 0.2) is 103 Å². The van der Waals surface area contributed by atoms with Crippen molar-refractivity contribution < 1.29 is 19.4 Å². The number of phenols is 1. The minimum atomic E-state index is -0.716. The van der Waals surface area contributed by atoms with Crippen LogP contribution in [0.25, 0.3) is 10.8 Å². The number of anilines is 3. The minimum absolute atomic E-state index is 0.0979. The monoisotopic (exact) mass is 481 g/mol. The summed E-state index contributed by atoms with van der Waals surface area (Å²) in [7, 11) is 0. The van der Waals surface area contributed by atoms with Crippen LogP contribution in [0.2, 0.25) is 0 Å². The summed E-state index contributed by atoms with van der Waals surface area (Å²) in [6, 6.07) is 26.7. The van der Waals surface area contributed by atoms with Gasteiger partial charge in [-0.15, -0.1) is 0 Å². The van der Waals surface area contributed by atoms with Gasteiger partial charge in [0.2, 0.25) is 5.91 Å². The van der Waals surface area contributed by atoms with Gasteiger partial charge in [-0.05, 0) is 47.4 Å². The van der Waals surface area contributed by atoms with Gasteiger partial charge < -0.3 is 20.9 Å². The molecule has 2 atom stereocenters. The summed E-state index contributed by atoms with van der Waals surface area (Å²) in [6.07, 6.45) is 1.70. The van der Waals surface area contributed by atoms with Gasteiger partial charge in [-0.1, -0.05) is 73.7 Å². The van der Waals surface area contributed by atoms with Crippen LogP contribution in [0.1, 0.15) is 18.6 Å². The van der Waals surface area contributed by atoms with Gasteiger partial charge in [0.05, 0.1) is 17.1 Å². The lowest BCUT2D eigenvalue weighted by molar-refractivity contribution is -0.111. The van der Waals surface area contributed by atoms with Gasteiger partial charge in [0, 0.05) is 11.3 Å². The SMILES string of the molecule is C[C@H](/C=C/C(=O)Nc1ccccc1N)[C@@H](OC(=O)Nc1cccc2ccccc12)c1ccc(O)cc1. The zero-order chi connectivity index (χ0) is 25.5. The predicted molar refractivity (Wildman–Crippen MR) is 143 cm³/mol. The molecule has 0 aliphatic carbocycles. The lowest BCUT2D eigenvalue weighted by Crippen LogP contribution is -2.21. The maximum Gasteiger partial charge on any atom is 0.412 e. The number of carbonyl (C=O) groups is 2. The molecule has 0 fully saturated rings. The number of nitrogens with two attached hydrogens (primary N) is 1. The van der Waals surface area contributed by atoms with Crippen LogP contribution < -0.4 is 16.4 Å². The molecule has 0 radical (unpaired) electrons. The fourth-order valence-electron chi connectivity index (χ4n) is 3.86. The number of nitrogens with one attached hydrogen (secondary N) is 2. The van der Waals surface area contributed by atoms with E-state index in [4.69, 9.17) is 10.5 Å². The number of amides is 2. The molecule has 0 aromatic heterocycles. The Morgan fingerprint density at radius 3 is 2.31 bits per heavy atom. The molecule has 0 unspecified atom stereocenters. The summed E-state index contributed by atoms with van der Waals surface area (Å²) in [5.74, 6) is -0.628. The maximum atomic E-state index is 12.9. The van der Waals surface area contributed by atoms with Gasteiger partial charge >= 0.3 is 6.09 Å². The lowest BCUT2D eigenvalue weighted by atomic mass is 9.96. The summed E-state index contributed by atoms with van der Waals surface area (Å²) in [5, 5.41) is 17.1. The maximum absolute atomic E-state index is 12.9. The number of phenolic OH excluding ortho intramolecular Hbond substituents is 1. The number of carbonyl (C=O) groups excluding carboxylic acids is 2. The Bertz CT molecular complexity index is 1390. The summed E-state index contributed by atoms with van der Waals surface area (Å²) < 4.78 is 5.83. The first-order valence-corrected chi connectivity index (χ1v) is 11.5. The van der Waals surface area contributed by atoms with Crippen LogP contribution in [0, 0.1) is 5.92 Å². The van der Waals surface area contributed by atoms with Crippen molar-refractivity contribution in [3.05, 3.63) is 109 Å². The van der Waals surface area contributed by atoms with E-state index in [0.717, 1.165) is 10.8 Å². The highest BCUT2D eigenvalue weighted by Gasteiger charge is 2.23. The van der Waals surface area contributed by atoms with Crippen LogP contribution in [0.4, 0.5) is 21.9 Å². The number of aromatic hydroxyl groups is 1. The molecule has 0 aliphatic heterocycles. The third-order valence-electron chi connectivity index (χ3n) is 5.73. The Morgan fingerprint density at radius 2 is 1.53 bits per heavy atom. The number of rotatable bonds is 7. The van der Waals surface area contributed by atoms with E-state index in [9.17, 15) is 14.7 Å². The number of fused-ring (bicyclic) bond motifs is 1. The Morgan fingerprint density at radius 1 is 0.861 bits per heavy atom. The van der Waals surface area contributed by atoms with E-state index in [1.54, 1.807) is 42.5 Å². The largest absolute Gasteiger partial charge is 0.508 e. The molecule has 0 saturated heterocycles. The highest BCUT2D eigenvalue weighted by molar-refractivity contribution is 6.01. The Balaban J connectivity index is 1.51. The van der Waals surface area contributed by atoms with Crippen LogP contribution in [-0.2, 0) is 9.53 Å². The highest BCUT2D eigenvalue weighted by Crippen LogP contribution is 2.30. The van der Waals surface area contributed by atoms with Crippen molar-refractivity contribution in [2.45, 2.75) is 13.0 Å². The first-order chi connectivity index (χ1) is 17.4. The molecule has 0 bridgehead atoms. The quantitative estimate of drug-likeness (QED) is 0.184. The number of hydrogen-bond donors (Lipinski definition) is 4. The molecule has 182 valence electrons. The van der Waals surface area contributed by atoms with Crippen molar-refractivity contribution in [2.75, 3.05) is 16.4 Å². The summed E-state index contributed by atoms with van der Waals surface area (Å²) in [6.45, 7) is 1.84. The Hall–Kier alpha value is -4.78. The molecule has 0 aliphatic rings. The van der Waals surface area contributed by atoms with Crippen molar-refractivity contribution in [3.63, 3.8) is 0 Å². The van der Waals surface area contributed by atoms with E-state index in [1.807, 2.05) is 49.4 Å². The normalized spacial score (nSPS) is 12.7. The van der Waals surface area contributed by atoms with Crippen molar-refractivity contribution in [3.8, 4) is 5.75 Å². The Labute approximate surface area is 209 Å². The second-order valence-corrected chi connectivity index (χ2v) is 8.36. The number of para-hydroxylation sites is 2. The van der Waals surface area contributed by atoms with Gasteiger partial charge in [0.15, 0.2) is 0 Å². The zero-order valence-electron chi connectivity index (χ0n) is 19.7. The average Bonchev–Trinajstić information content (AvgIpc) is 2.88. The van der Waals surface area contributed by atoms with Gasteiger partial charge in [0.1, 0.15) is 11.9 Å². The van der Waals surface area contributed by atoms with Gasteiger partial charge in [-0.25, -0.2) is 4.79 Å². The molecule has 4 rings (SSSR count). The van der Waals surface area contributed by atoms with E-state index in [0.29, 0.717) is 22.6 Å². The van der Waals surface area contributed by atoms with E-state index < -0.39 is 12.2 Å². The molecule has 5 N–H and O–H groups in total. The van der Waals surface area contributed by atoms with Gasteiger partial charge in [0.25, 0.3) is 0 Å². The molecule has 0 spiro atoms. The smallest absolute Gasteiger partial charge is 0.412 e. The van der Waals surface area contributed by atoms with E-state index in [2.05, 4.69) is 10.6 Å². The minimum Gasteiger partial charge on any atom is -0.508 e. The summed E-state index contributed by atoms with van der Waals surface area (Å²) in [5.41, 5.74) is 8.17. The van der Waals surface area contributed by atoms with Gasteiger partial charge in [-0.2, -0.15) is 0 Å². The molecule has 0 heterocycles. The van der Waals surface area contributed by atoms with E-state index >= 15 is 0 Å². The second-order valence-electron chi connectivity index (χ2n) is 8.36. The molecule has 2 amide bonds. The first-order valence-electron chi connectivity index (χ1n) is 11.5. The topological polar surface area (TPSA) is 114 Å². The fourth-order valence-corrected chi connectivity index (χ4v) is 3.86. The predicted octanol–water partition coefficient (Wildman–Crippen LogP) is 6.25. The van der Waals surface area contributed by atoms with E-state index in [-0.39, 0.29) is 17.6 Å². The van der Waals surface area contributed by atoms with Crippen molar-refractivity contribution >= 4 is 39.8 Å². The Kier molecular flexibility index (Phi) is 7.51. The van der Waals surface area contributed by atoms with Crippen molar-refractivity contribution in [1.29, 1.82) is 0 Å². The zero-order valence-corrected chi connectivity index (χ0v) is 19.7. The second kappa shape index (κ2) is 11.1. The van der Waals surface area contributed by atoms with Crippen LogP contribution in [-0.4, -0.2) is 17.1 Å². The third kappa shape index (κ3) is 6.01.